The van der Waals surface area contributed by atoms with Gasteiger partial charge < -0.3 is 117 Å². The van der Waals surface area contributed by atoms with Gasteiger partial charge in [0.25, 0.3) is 0 Å². The van der Waals surface area contributed by atoms with Gasteiger partial charge in [0.1, 0.15) is 107 Å². The topological polar surface area (TPSA) is 498 Å². The number of aliphatic hydroxyl groups is 3. The number of hydrogen-bond acceptors (Lipinski definition) is 23. The number of aromatic hydroxyl groups is 5. The van der Waals surface area contributed by atoms with E-state index in [9.17, 15) is 75.0 Å². The van der Waals surface area contributed by atoms with Crippen LogP contribution in [0.1, 0.15) is 128 Å². The molecule has 1 saturated heterocycles. The van der Waals surface area contributed by atoms with Crippen molar-refractivity contribution in [3.63, 3.8) is 0 Å². The number of unbranched alkanes of at least 4 members (excludes halogenated alkanes) is 7. The van der Waals surface area contributed by atoms with Crippen LogP contribution in [0, 0.1) is 0 Å². The molecule has 7 heterocycles. The molecule has 15 atom stereocenters. The average Bonchev–Trinajstić information content (AvgIpc) is 0.780. The van der Waals surface area contributed by atoms with Gasteiger partial charge in [-0.1, -0.05) is 105 Å². The summed E-state index contributed by atoms with van der Waals surface area (Å²) in [5.74, 6) is -17.0. The molecular formula is C76H78Cl2N8O24. The Kier molecular flexibility index (Phi) is 23.7. The summed E-state index contributed by atoms with van der Waals surface area (Å²) in [6.07, 6.45) is -6.03. The van der Waals surface area contributed by atoms with Gasteiger partial charge in [-0.2, -0.15) is 0 Å². The van der Waals surface area contributed by atoms with Gasteiger partial charge in [-0.05, 0) is 114 Å². The van der Waals surface area contributed by atoms with Crippen molar-refractivity contribution < 1.29 is 118 Å². The number of aliphatic carboxylic acids is 2. The summed E-state index contributed by atoms with van der Waals surface area (Å²) in [6.45, 7) is 2.10. The summed E-state index contributed by atoms with van der Waals surface area (Å²) >= 11 is 14.1. The summed E-state index contributed by atoms with van der Waals surface area (Å²) in [7, 11) is 1.44. The van der Waals surface area contributed by atoms with Gasteiger partial charge in [-0.15, -0.1) is 0 Å². The van der Waals surface area contributed by atoms with E-state index in [4.69, 9.17) is 46.9 Å². The van der Waals surface area contributed by atoms with Crippen LogP contribution in [0.2, 0.25) is 10.0 Å². The Hall–Kier alpha value is -11.2. The van der Waals surface area contributed by atoms with E-state index < -0.39 is 217 Å². The first kappa shape index (κ1) is 78.4. The van der Waals surface area contributed by atoms with Crippen LogP contribution in [0.25, 0.3) is 11.1 Å². The van der Waals surface area contributed by atoms with Crippen LogP contribution >= 0.6 is 23.2 Å². The number of aliphatic hydroxyl groups excluding tert-OH is 3. The van der Waals surface area contributed by atoms with E-state index in [0.29, 0.717) is 18.4 Å². The van der Waals surface area contributed by atoms with Gasteiger partial charge in [0.15, 0.2) is 42.1 Å². The lowest BCUT2D eigenvalue weighted by Crippen LogP contribution is -2.66. The Labute approximate surface area is 636 Å². The number of carboxylic acid groups (broad SMARTS) is 2. The molecule has 580 valence electrons. The molecule has 34 heteroatoms. The van der Waals surface area contributed by atoms with E-state index in [0.717, 1.165) is 105 Å². The molecule has 6 aromatic rings. The predicted octanol–water partition coefficient (Wildman–Crippen LogP) is 4.87. The fourth-order valence-electron chi connectivity index (χ4n) is 14.0. The molecule has 7 unspecified atom stereocenters. The maximum Gasteiger partial charge on any atom is 0.335 e. The van der Waals surface area contributed by atoms with Gasteiger partial charge in [0, 0.05) is 47.2 Å². The van der Waals surface area contributed by atoms with Crippen LogP contribution in [-0.2, 0) is 59.0 Å². The fraction of sp³-hybridized carbons (Fsp3) is 0.355. The van der Waals surface area contributed by atoms with Crippen LogP contribution in [0.5, 0.6) is 51.7 Å². The highest BCUT2D eigenvalue weighted by Gasteiger charge is 2.52. The molecular weight excluding hydrogens is 1480 g/mol. The molecule has 110 heavy (non-hydrogen) atoms. The van der Waals surface area contributed by atoms with Crippen LogP contribution in [0.4, 0.5) is 0 Å². The van der Waals surface area contributed by atoms with Crippen LogP contribution < -0.4 is 56.7 Å². The number of fused-ring (bicyclic) bond motifs is 14. The van der Waals surface area contributed by atoms with Crippen LogP contribution in [-0.4, -0.2) is 172 Å². The third-order valence-corrected chi connectivity index (χ3v) is 20.4. The molecule has 6 aromatic carbocycles. The minimum Gasteiger partial charge on any atom is -0.508 e. The van der Waals surface area contributed by atoms with Crippen molar-refractivity contribution in [3.8, 4) is 62.9 Å². The Morgan fingerprint density at radius 1 is 0.591 bits per heavy atom. The molecule has 0 spiro atoms. The first-order valence-corrected chi connectivity index (χ1v) is 36.0. The number of phenols is 5. The van der Waals surface area contributed by atoms with Gasteiger partial charge in [0.05, 0.1) is 10.0 Å². The summed E-state index contributed by atoms with van der Waals surface area (Å²) in [6, 6.07) is 3.87. The molecule has 0 radical (unpaired) electrons. The SMILES string of the molecule is CCCCCCCCCCC(=O)NC1C(OC2C3=CC4=CC2Oc2ccc(cc2Cl)[C@@H](O)[C@@H]2NC(=O)[C@H](NC(=O)[C@@H]4NC(=O)[C@H]4NC(=O)[C@@H](Cc5ccc(cc5)O3)NC(=O)[C@H](NC)c3ccc(O)c(c3)Oc3cc(O)c(Cl)c4c3)c3ccc(O)c(c3)-c3c(O)cc(O)cc3[C@@H](C(=O)O)NC2=O)OC(C(=O)O)C(O)C1O. The number of carbonyl (C=O) groups is 9. The first-order chi connectivity index (χ1) is 52.6. The number of carboxylic acids is 2. The summed E-state index contributed by atoms with van der Waals surface area (Å²) in [5, 5.41) is 134. The number of halogens is 2. The normalized spacial score (nSPS) is 26.0. The Balaban J connectivity index is 1.07. The molecule has 1 aliphatic carbocycles. The number of rotatable bonds is 15. The standard InChI is InChI=1S/C76H78Cl2N8O24/c1-3-4-5-6-7-8-9-10-11-53(92)81-62-64(94)65(95)67(75(104)105)110-76(62)109-66-51-26-36-27-52(66)108-49-21-16-35(24-43(49)77)63(93)61-73(101)85-60(74(102)103)41-28-37(87)29-47(90)54(41)40-23-33(14-19-45(40)88)57(70(98)86-61)82-71(99)58(36)83-72(100)59-42-30-39(31-48(91)55(42)78)107-50-25-34(15-20-46(50)89)56(79-2)69(97)80-44(68(96)84-59)22-32-12-17-38(106-51)18-13-32/h12-21,23-31,44,52,56-67,76,79,87-91,93-95H,3-11,22H2,1-2H3,(H,80,97)(H,81,92)(H,82,99)(H,83,100)(H,84,96)(H,85,101)(H,86,98)(H,102,103)(H,104,105)/t44-,52?,56-,57-,58-,59+,60+,61+,62?,63-,64?,65?,66?,67?,76?/m1/s1. The van der Waals surface area contributed by atoms with Gasteiger partial charge in [-0.3, -0.25) is 33.6 Å². The van der Waals surface area contributed by atoms with E-state index in [1.807, 2.05) is 0 Å². The van der Waals surface area contributed by atoms with E-state index in [1.165, 1.54) is 55.6 Å². The lowest BCUT2D eigenvalue weighted by molar-refractivity contribution is -0.278. The summed E-state index contributed by atoms with van der Waals surface area (Å²) in [4.78, 5) is 134. The molecule has 0 saturated carbocycles. The van der Waals surface area contributed by atoms with Crippen LogP contribution in [0.15, 0.2) is 127 Å². The number of likely N-dealkylation sites (N-methyl/N-ethyl adjacent to an activating group) is 1. The lowest BCUT2D eigenvalue weighted by Gasteiger charge is -2.43. The number of benzene rings is 6. The molecule has 32 nitrogen and oxygen atoms in total. The smallest absolute Gasteiger partial charge is 0.335 e. The van der Waals surface area contributed by atoms with E-state index in [2.05, 4.69) is 49.5 Å². The van der Waals surface area contributed by atoms with Gasteiger partial charge in [-0.25, -0.2) is 9.59 Å². The second kappa shape index (κ2) is 33.3. The Bertz CT molecular complexity index is 4700. The average molecular weight is 1560 g/mol. The second-order valence-corrected chi connectivity index (χ2v) is 28.0. The minimum atomic E-state index is -2.35. The van der Waals surface area contributed by atoms with Crippen molar-refractivity contribution in [1.82, 2.24) is 42.5 Å². The Morgan fingerprint density at radius 3 is 1.97 bits per heavy atom. The van der Waals surface area contributed by atoms with Crippen LogP contribution in [0.3, 0.4) is 0 Å². The maximum absolute atomic E-state index is 16.4. The zero-order valence-corrected chi connectivity index (χ0v) is 60.2. The lowest BCUT2D eigenvalue weighted by atomic mass is 9.89. The van der Waals surface area contributed by atoms with Crippen molar-refractivity contribution in [2.24, 2.45) is 0 Å². The van der Waals surface area contributed by atoms with Crippen molar-refractivity contribution >= 4 is 76.5 Å². The highest BCUT2D eigenvalue weighted by molar-refractivity contribution is 6.33. The largest absolute Gasteiger partial charge is 0.508 e. The second-order valence-electron chi connectivity index (χ2n) is 27.3. The first-order valence-electron chi connectivity index (χ1n) is 35.3. The number of nitrogens with one attached hydrogen (secondary N) is 8. The number of ether oxygens (including phenoxy) is 5. The quantitative estimate of drug-likeness (QED) is 0.0610. The monoisotopic (exact) mass is 1560 g/mol. The summed E-state index contributed by atoms with van der Waals surface area (Å²) in [5.41, 5.74) is -2.54. The zero-order chi connectivity index (χ0) is 78.7. The molecule has 1 fully saturated rings. The fourth-order valence-corrected chi connectivity index (χ4v) is 14.5. The minimum absolute atomic E-state index is 0.0819. The predicted molar refractivity (Wildman–Crippen MR) is 386 cm³/mol. The number of amides is 7. The number of phenolic OH excluding ortho intramolecular Hbond substituents is 5. The molecule has 14 rings (SSSR count). The molecule has 0 aromatic heterocycles. The van der Waals surface area contributed by atoms with Gasteiger partial charge in [0.2, 0.25) is 41.4 Å². The highest BCUT2D eigenvalue weighted by atomic mass is 35.5. The number of hydrogen-bond donors (Lipinski definition) is 18. The zero-order valence-electron chi connectivity index (χ0n) is 58.6. The van der Waals surface area contributed by atoms with Gasteiger partial charge >= 0.3 is 11.9 Å². The highest BCUT2D eigenvalue weighted by Crippen LogP contribution is 2.46. The molecule has 17 bridgehead atoms. The van der Waals surface area contributed by atoms with E-state index in [-0.39, 0.29) is 52.5 Å². The molecule has 18 N–H and O–H groups in total. The summed E-state index contributed by atoms with van der Waals surface area (Å²) < 4.78 is 32.4. The van der Waals surface area contributed by atoms with Crippen molar-refractivity contribution in [3.05, 3.63) is 170 Å². The van der Waals surface area contributed by atoms with E-state index >= 15 is 19.2 Å². The third-order valence-electron chi connectivity index (χ3n) is 19.7. The van der Waals surface area contributed by atoms with Crippen molar-refractivity contribution in [1.29, 1.82) is 0 Å². The maximum atomic E-state index is 16.4. The Morgan fingerprint density at radius 2 is 1.26 bits per heavy atom. The molecule has 8 aliphatic rings. The van der Waals surface area contributed by atoms with Crippen molar-refractivity contribution in [2.45, 2.75) is 162 Å². The third kappa shape index (κ3) is 16.8. The van der Waals surface area contributed by atoms with Crippen molar-refractivity contribution in [2.75, 3.05) is 7.05 Å². The molecule has 7 amide bonds. The number of carbonyl (C=O) groups excluding carboxylic acids is 7. The molecule has 7 aliphatic heterocycles. The van der Waals surface area contributed by atoms with E-state index in [1.54, 1.807) is 0 Å².